The van der Waals surface area contributed by atoms with Gasteiger partial charge in [-0.25, -0.2) is 5.01 Å². The molecule has 1 heterocycles. The summed E-state index contributed by atoms with van der Waals surface area (Å²) in [5, 5.41) is 15.1. The fourth-order valence-corrected chi connectivity index (χ4v) is 4.57. The number of hydrazine groups is 1. The summed E-state index contributed by atoms with van der Waals surface area (Å²) in [6, 6.07) is 0.404. The summed E-state index contributed by atoms with van der Waals surface area (Å²) in [5.41, 5.74) is 1.59. The Balaban J connectivity index is 1.82. The highest BCUT2D eigenvalue weighted by Gasteiger charge is 2.45. The van der Waals surface area contributed by atoms with E-state index < -0.39 is 12.2 Å². The Morgan fingerprint density at radius 2 is 2.00 bits per heavy atom. The van der Waals surface area contributed by atoms with Gasteiger partial charge in [-0.2, -0.15) is 0 Å². The molecule has 1 aliphatic heterocycles. The van der Waals surface area contributed by atoms with Crippen molar-refractivity contribution in [3.05, 3.63) is 11.3 Å². The standard InChI is InChI=1S/C18H30N2O3/c1-4-19-17-14(15(21)10-16(23-3)18(17)22)11-20(19)12(2)13-8-6-5-7-9-13/h12-13,16,18,22H,4-11H2,1-3H3/t12-,16?,18?/m1/s1. The normalized spacial score (nSPS) is 31.7. The van der Waals surface area contributed by atoms with E-state index in [1.54, 1.807) is 7.11 Å². The second-order valence-corrected chi connectivity index (χ2v) is 7.16. The molecular formula is C18H30N2O3. The zero-order valence-corrected chi connectivity index (χ0v) is 14.6. The second kappa shape index (κ2) is 6.91. The van der Waals surface area contributed by atoms with E-state index in [0.717, 1.165) is 17.8 Å². The highest BCUT2D eigenvalue weighted by molar-refractivity contribution is 5.98. The molecule has 3 rings (SSSR count). The summed E-state index contributed by atoms with van der Waals surface area (Å²) in [7, 11) is 1.57. The van der Waals surface area contributed by atoms with E-state index >= 15 is 0 Å². The molecule has 130 valence electrons. The predicted octanol–water partition coefficient (Wildman–Crippen LogP) is 2.11. The fourth-order valence-electron chi connectivity index (χ4n) is 4.57. The van der Waals surface area contributed by atoms with Crippen molar-refractivity contribution in [2.45, 2.75) is 70.6 Å². The average Bonchev–Trinajstić information content (AvgIpc) is 2.98. The lowest BCUT2D eigenvalue weighted by Gasteiger charge is -2.41. The number of Topliss-reactive ketones (excluding diaryl/α,β-unsaturated/α-hetero) is 1. The minimum absolute atomic E-state index is 0.133. The van der Waals surface area contributed by atoms with Crippen LogP contribution in [0.3, 0.4) is 0 Å². The molecule has 1 saturated carbocycles. The molecule has 0 amide bonds. The molecule has 3 aliphatic rings. The molecule has 0 aromatic heterocycles. The molecule has 5 heteroatoms. The number of ketones is 1. The van der Waals surface area contributed by atoms with Crippen LogP contribution in [-0.2, 0) is 9.53 Å². The minimum atomic E-state index is -0.698. The molecule has 0 bridgehead atoms. The molecule has 1 fully saturated rings. The Bertz CT molecular complexity index is 485. The quantitative estimate of drug-likeness (QED) is 0.859. The summed E-state index contributed by atoms with van der Waals surface area (Å²) in [6.07, 6.45) is 5.71. The molecule has 0 spiro atoms. The number of carbonyl (C=O) groups excluding carboxylic acids is 1. The van der Waals surface area contributed by atoms with Gasteiger partial charge in [0.2, 0.25) is 0 Å². The minimum Gasteiger partial charge on any atom is -0.384 e. The number of methoxy groups -OCH3 is 1. The van der Waals surface area contributed by atoms with E-state index in [-0.39, 0.29) is 5.78 Å². The lowest BCUT2D eigenvalue weighted by Crippen LogP contribution is -2.49. The third kappa shape index (κ3) is 2.94. The largest absolute Gasteiger partial charge is 0.384 e. The molecular weight excluding hydrogens is 292 g/mol. The number of rotatable bonds is 4. The van der Waals surface area contributed by atoms with Crippen molar-refractivity contribution in [1.29, 1.82) is 0 Å². The van der Waals surface area contributed by atoms with Crippen molar-refractivity contribution in [3.8, 4) is 0 Å². The Hall–Kier alpha value is -0.910. The smallest absolute Gasteiger partial charge is 0.164 e. The molecule has 2 aliphatic carbocycles. The topological polar surface area (TPSA) is 53.0 Å². The fraction of sp³-hybridized carbons (Fsp3) is 0.833. The van der Waals surface area contributed by atoms with Gasteiger partial charge in [-0.1, -0.05) is 19.3 Å². The van der Waals surface area contributed by atoms with Crippen molar-refractivity contribution in [2.75, 3.05) is 20.2 Å². The first-order valence-electron chi connectivity index (χ1n) is 9.09. The first-order valence-corrected chi connectivity index (χ1v) is 9.09. The molecule has 3 atom stereocenters. The van der Waals surface area contributed by atoms with E-state index in [9.17, 15) is 9.90 Å². The van der Waals surface area contributed by atoms with Crippen LogP contribution in [0.1, 0.15) is 52.4 Å². The predicted molar refractivity (Wildman–Crippen MR) is 88.6 cm³/mol. The molecule has 0 radical (unpaired) electrons. The van der Waals surface area contributed by atoms with Crippen LogP contribution in [0.5, 0.6) is 0 Å². The monoisotopic (exact) mass is 322 g/mol. The Labute approximate surface area is 139 Å². The summed E-state index contributed by atoms with van der Waals surface area (Å²) in [5.74, 6) is 0.818. The van der Waals surface area contributed by atoms with Gasteiger partial charge in [0.25, 0.3) is 0 Å². The molecule has 1 N–H and O–H groups in total. The van der Waals surface area contributed by atoms with E-state index in [0.29, 0.717) is 24.9 Å². The van der Waals surface area contributed by atoms with Gasteiger partial charge in [0.1, 0.15) is 6.10 Å². The van der Waals surface area contributed by atoms with Crippen molar-refractivity contribution in [1.82, 2.24) is 10.0 Å². The van der Waals surface area contributed by atoms with Crippen molar-refractivity contribution < 1.29 is 14.6 Å². The number of ether oxygens (including phenoxy) is 1. The van der Waals surface area contributed by atoms with Gasteiger partial charge in [0.15, 0.2) is 5.78 Å². The van der Waals surface area contributed by atoms with E-state index in [4.69, 9.17) is 4.74 Å². The van der Waals surface area contributed by atoms with Crippen LogP contribution in [0.2, 0.25) is 0 Å². The summed E-state index contributed by atoms with van der Waals surface area (Å²) in [6.45, 7) is 5.79. The summed E-state index contributed by atoms with van der Waals surface area (Å²) in [4.78, 5) is 12.5. The van der Waals surface area contributed by atoms with Crippen molar-refractivity contribution in [3.63, 3.8) is 0 Å². The molecule has 23 heavy (non-hydrogen) atoms. The Morgan fingerprint density at radius 3 is 2.61 bits per heavy atom. The third-order valence-corrected chi connectivity index (χ3v) is 5.98. The van der Waals surface area contributed by atoms with Crippen LogP contribution >= 0.6 is 0 Å². The number of hydrogen-bond acceptors (Lipinski definition) is 5. The van der Waals surface area contributed by atoms with Crippen LogP contribution in [-0.4, -0.2) is 59.4 Å². The SMILES string of the molecule is CCN1C2=C(CN1[C@H](C)C1CCCCC1)C(=O)CC(OC)C2O. The summed E-state index contributed by atoms with van der Waals surface area (Å²) >= 11 is 0. The lowest BCUT2D eigenvalue weighted by atomic mass is 9.84. The second-order valence-electron chi connectivity index (χ2n) is 7.16. The Morgan fingerprint density at radius 1 is 1.30 bits per heavy atom. The van der Waals surface area contributed by atoms with Crippen LogP contribution in [0.15, 0.2) is 11.3 Å². The maximum Gasteiger partial charge on any atom is 0.164 e. The molecule has 5 nitrogen and oxygen atoms in total. The number of nitrogens with zero attached hydrogens (tertiary/aromatic N) is 2. The zero-order chi connectivity index (χ0) is 16.6. The first kappa shape index (κ1) is 16.9. The van der Waals surface area contributed by atoms with Gasteiger partial charge < -0.3 is 14.9 Å². The van der Waals surface area contributed by atoms with Crippen molar-refractivity contribution in [2.24, 2.45) is 5.92 Å². The lowest BCUT2D eigenvalue weighted by molar-refractivity contribution is -0.121. The first-order chi connectivity index (χ1) is 11.1. The molecule has 0 aromatic rings. The van der Waals surface area contributed by atoms with E-state index in [2.05, 4.69) is 23.9 Å². The zero-order valence-electron chi connectivity index (χ0n) is 14.6. The van der Waals surface area contributed by atoms with Gasteiger partial charge in [-0.3, -0.25) is 4.79 Å². The molecule has 0 aromatic carbocycles. The highest BCUT2D eigenvalue weighted by atomic mass is 16.5. The van der Waals surface area contributed by atoms with Gasteiger partial charge in [-0.15, -0.1) is 0 Å². The average molecular weight is 322 g/mol. The Kier molecular flexibility index (Phi) is 5.09. The van der Waals surface area contributed by atoms with Crippen molar-refractivity contribution >= 4 is 5.78 Å². The van der Waals surface area contributed by atoms with Crippen LogP contribution in [0.4, 0.5) is 0 Å². The van der Waals surface area contributed by atoms with Gasteiger partial charge in [0.05, 0.1) is 11.8 Å². The maximum absolute atomic E-state index is 12.5. The van der Waals surface area contributed by atoms with Crippen LogP contribution in [0, 0.1) is 5.92 Å². The summed E-state index contributed by atoms with van der Waals surface area (Å²) < 4.78 is 5.34. The van der Waals surface area contributed by atoms with Gasteiger partial charge in [0, 0.05) is 38.2 Å². The maximum atomic E-state index is 12.5. The third-order valence-electron chi connectivity index (χ3n) is 5.98. The number of likely N-dealkylation sites (N-methyl/N-ethyl adjacent to an activating group) is 1. The van der Waals surface area contributed by atoms with E-state index in [1.165, 1.54) is 32.1 Å². The van der Waals surface area contributed by atoms with Crippen LogP contribution < -0.4 is 0 Å². The van der Waals surface area contributed by atoms with E-state index in [1.807, 2.05) is 0 Å². The van der Waals surface area contributed by atoms with Gasteiger partial charge >= 0.3 is 0 Å². The number of hydrogen-bond donors (Lipinski definition) is 1. The molecule has 2 unspecified atom stereocenters. The highest BCUT2D eigenvalue weighted by Crippen LogP contribution is 2.38. The van der Waals surface area contributed by atoms with Crippen LogP contribution in [0.25, 0.3) is 0 Å². The van der Waals surface area contributed by atoms with Gasteiger partial charge in [-0.05, 0) is 32.6 Å². The molecule has 0 saturated heterocycles. The number of aliphatic hydroxyl groups is 1. The number of aliphatic hydroxyl groups excluding tert-OH is 1. The number of carbonyl (C=O) groups is 1.